The molecule has 0 saturated carbocycles. The summed E-state index contributed by atoms with van der Waals surface area (Å²) in [5, 5.41) is 0. The van der Waals surface area contributed by atoms with Crippen LogP contribution in [-0.4, -0.2) is 24.6 Å². The van der Waals surface area contributed by atoms with Crippen LogP contribution < -0.4 is 10.5 Å². The van der Waals surface area contributed by atoms with Gasteiger partial charge in [-0.1, -0.05) is 24.6 Å². The number of hydrogen-bond acceptors (Lipinski definition) is 3. The molecule has 0 bridgehead atoms. The third kappa shape index (κ3) is 4.95. The molecular formula is C16H24N2O. The summed E-state index contributed by atoms with van der Waals surface area (Å²) in [5.74, 6) is 0.958. The van der Waals surface area contributed by atoms with Crippen molar-refractivity contribution in [2.75, 3.05) is 19.7 Å². The Morgan fingerprint density at radius 2 is 2.05 bits per heavy atom. The minimum Gasteiger partial charge on any atom is -0.493 e. The zero-order chi connectivity index (χ0) is 13.3. The first-order valence-corrected chi connectivity index (χ1v) is 7.19. The first-order chi connectivity index (χ1) is 9.38. The van der Waals surface area contributed by atoms with Gasteiger partial charge in [-0.3, -0.25) is 4.90 Å². The molecule has 1 aliphatic heterocycles. The summed E-state index contributed by atoms with van der Waals surface area (Å²) in [6.45, 7) is 4.18. The topological polar surface area (TPSA) is 38.5 Å². The fourth-order valence-electron chi connectivity index (χ4n) is 2.45. The molecule has 1 aromatic rings. The van der Waals surface area contributed by atoms with Gasteiger partial charge in [0.25, 0.3) is 0 Å². The van der Waals surface area contributed by atoms with Gasteiger partial charge in [0.15, 0.2) is 0 Å². The molecule has 0 atom stereocenters. The highest BCUT2D eigenvalue weighted by Crippen LogP contribution is 2.17. The zero-order valence-corrected chi connectivity index (χ0v) is 11.6. The van der Waals surface area contributed by atoms with Crippen LogP contribution in [0.1, 0.15) is 31.2 Å². The maximum atomic E-state index is 5.71. The van der Waals surface area contributed by atoms with Crippen LogP contribution in [0.2, 0.25) is 0 Å². The van der Waals surface area contributed by atoms with E-state index in [-0.39, 0.29) is 0 Å². The Hall–Kier alpha value is -1.48. The van der Waals surface area contributed by atoms with Crippen molar-refractivity contribution in [2.24, 2.45) is 5.73 Å². The number of hydrogen-bond donors (Lipinski definition) is 1. The zero-order valence-electron chi connectivity index (χ0n) is 11.6. The van der Waals surface area contributed by atoms with Crippen LogP contribution >= 0.6 is 0 Å². The third-order valence-corrected chi connectivity index (χ3v) is 3.44. The highest BCUT2D eigenvalue weighted by atomic mass is 16.5. The molecule has 0 spiro atoms. The van der Waals surface area contributed by atoms with E-state index in [1.807, 2.05) is 12.1 Å². The lowest BCUT2D eigenvalue weighted by molar-refractivity contribution is 0.220. The van der Waals surface area contributed by atoms with Crippen molar-refractivity contribution in [2.45, 2.75) is 32.2 Å². The monoisotopic (exact) mass is 260 g/mol. The molecule has 1 aromatic carbocycles. The average Bonchev–Trinajstić information content (AvgIpc) is 2.45. The Morgan fingerprint density at radius 3 is 2.84 bits per heavy atom. The van der Waals surface area contributed by atoms with Crippen LogP contribution in [0, 0.1) is 0 Å². The number of rotatable bonds is 6. The molecule has 104 valence electrons. The van der Waals surface area contributed by atoms with Gasteiger partial charge in [0.1, 0.15) is 5.75 Å². The molecule has 0 aliphatic carbocycles. The molecule has 1 aliphatic rings. The summed E-state index contributed by atoms with van der Waals surface area (Å²) in [5.41, 5.74) is 6.64. The van der Waals surface area contributed by atoms with E-state index in [1.165, 1.54) is 37.9 Å². The van der Waals surface area contributed by atoms with Crippen LogP contribution in [-0.2, 0) is 6.54 Å². The van der Waals surface area contributed by atoms with Gasteiger partial charge in [0.05, 0.1) is 6.61 Å². The lowest BCUT2D eigenvalue weighted by Gasteiger charge is -2.26. The second-order valence-electron chi connectivity index (χ2n) is 5.05. The second-order valence-corrected chi connectivity index (χ2v) is 5.05. The van der Waals surface area contributed by atoms with Gasteiger partial charge in [-0.15, -0.1) is 0 Å². The molecule has 1 fully saturated rings. The molecule has 19 heavy (non-hydrogen) atoms. The fourth-order valence-corrected chi connectivity index (χ4v) is 2.45. The predicted molar refractivity (Wildman–Crippen MR) is 79.0 cm³/mol. The van der Waals surface area contributed by atoms with Gasteiger partial charge in [-0.05, 0) is 49.8 Å². The smallest absolute Gasteiger partial charge is 0.119 e. The van der Waals surface area contributed by atoms with Crippen molar-refractivity contribution in [1.29, 1.82) is 0 Å². The van der Waals surface area contributed by atoms with Crippen LogP contribution in [0.15, 0.2) is 36.5 Å². The Morgan fingerprint density at radius 1 is 1.21 bits per heavy atom. The van der Waals surface area contributed by atoms with Crippen LogP contribution in [0.5, 0.6) is 5.75 Å². The van der Waals surface area contributed by atoms with Gasteiger partial charge in [-0.2, -0.15) is 0 Å². The molecule has 2 N–H and O–H groups in total. The van der Waals surface area contributed by atoms with Crippen LogP contribution in [0.3, 0.4) is 0 Å². The first kappa shape index (κ1) is 13.9. The Labute approximate surface area is 116 Å². The maximum Gasteiger partial charge on any atom is 0.119 e. The van der Waals surface area contributed by atoms with Gasteiger partial charge < -0.3 is 10.5 Å². The van der Waals surface area contributed by atoms with Gasteiger partial charge in [0.2, 0.25) is 0 Å². The molecule has 0 aromatic heterocycles. The minimum absolute atomic E-state index is 0.681. The van der Waals surface area contributed by atoms with Crippen molar-refractivity contribution >= 4 is 0 Å². The number of likely N-dealkylation sites (tertiary alicyclic amines) is 1. The molecule has 1 saturated heterocycles. The van der Waals surface area contributed by atoms with Gasteiger partial charge >= 0.3 is 0 Å². The summed E-state index contributed by atoms with van der Waals surface area (Å²) in [6.07, 6.45) is 8.39. The predicted octanol–water partition coefficient (Wildman–Crippen LogP) is 2.91. The highest BCUT2D eigenvalue weighted by molar-refractivity contribution is 5.28. The standard InChI is InChI=1S/C16H24N2O/c17-9-2-5-12-19-16-8-6-7-15(13-16)14-18-10-3-1-4-11-18/h2,6-9,13H,1,3-5,10-12,14,17H2. The van der Waals surface area contributed by atoms with E-state index in [1.54, 1.807) is 6.20 Å². The van der Waals surface area contributed by atoms with Gasteiger partial charge in [0, 0.05) is 13.0 Å². The summed E-state index contributed by atoms with van der Waals surface area (Å²) in [7, 11) is 0. The Kier molecular flexibility index (Phi) is 5.76. The number of ether oxygens (including phenoxy) is 1. The van der Waals surface area contributed by atoms with Crippen molar-refractivity contribution in [1.82, 2.24) is 4.90 Å². The summed E-state index contributed by atoms with van der Waals surface area (Å²) in [4.78, 5) is 2.53. The Bertz CT molecular complexity index is 397. The molecule has 0 amide bonds. The number of piperidine rings is 1. The molecule has 0 radical (unpaired) electrons. The number of nitrogens with two attached hydrogens (primary N) is 1. The molecule has 3 nitrogen and oxygen atoms in total. The van der Waals surface area contributed by atoms with E-state index in [4.69, 9.17) is 10.5 Å². The summed E-state index contributed by atoms with van der Waals surface area (Å²) >= 11 is 0. The fraction of sp³-hybridized carbons (Fsp3) is 0.500. The van der Waals surface area contributed by atoms with Crippen LogP contribution in [0.4, 0.5) is 0 Å². The van der Waals surface area contributed by atoms with E-state index in [9.17, 15) is 0 Å². The number of benzene rings is 1. The quantitative estimate of drug-likeness (QED) is 0.799. The normalized spacial score (nSPS) is 16.8. The van der Waals surface area contributed by atoms with Gasteiger partial charge in [-0.25, -0.2) is 0 Å². The van der Waals surface area contributed by atoms with Crippen molar-refractivity contribution in [3.8, 4) is 5.75 Å². The summed E-state index contributed by atoms with van der Waals surface area (Å²) < 4.78 is 5.71. The third-order valence-electron chi connectivity index (χ3n) is 3.44. The highest BCUT2D eigenvalue weighted by Gasteiger charge is 2.10. The molecule has 0 unspecified atom stereocenters. The molecular weight excluding hydrogens is 236 g/mol. The van der Waals surface area contributed by atoms with Crippen molar-refractivity contribution in [3.05, 3.63) is 42.1 Å². The Balaban J connectivity index is 1.83. The largest absolute Gasteiger partial charge is 0.493 e. The lowest BCUT2D eigenvalue weighted by Crippen LogP contribution is -2.29. The van der Waals surface area contributed by atoms with E-state index in [0.717, 1.165) is 18.7 Å². The average molecular weight is 260 g/mol. The second kappa shape index (κ2) is 7.85. The maximum absolute atomic E-state index is 5.71. The SMILES string of the molecule is NC=CCCOc1cccc(CN2CCCCC2)c1. The van der Waals surface area contributed by atoms with Crippen LogP contribution in [0.25, 0.3) is 0 Å². The first-order valence-electron chi connectivity index (χ1n) is 7.19. The minimum atomic E-state index is 0.681. The van der Waals surface area contributed by atoms with E-state index in [0.29, 0.717) is 6.61 Å². The van der Waals surface area contributed by atoms with E-state index >= 15 is 0 Å². The van der Waals surface area contributed by atoms with Crippen molar-refractivity contribution < 1.29 is 4.74 Å². The summed E-state index contributed by atoms with van der Waals surface area (Å²) in [6, 6.07) is 8.43. The number of nitrogens with zero attached hydrogens (tertiary/aromatic N) is 1. The van der Waals surface area contributed by atoms with E-state index in [2.05, 4.69) is 23.1 Å². The molecule has 1 heterocycles. The molecule has 3 heteroatoms. The van der Waals surface area contributed by atoms with E-state index < -0.39 is 0 Å². The van der Waals surface area contributed by atoms with Crippen molar-refractivity contribution in [3.63, 3.8) is 0 Å². The lowest BCUT2D eigenvalue weighted by atomic mass is 10.1. The molecule has 2 rings (SSSR count).